The third-order valence-electron chi connectivity index (χ3n) is 4.17. The Morgan fingerprint density at radius 3 is 2.64 bits per heavy atom. The second-order valence-electron chi connectivity index (χ2n) is 5.82. The molecule has 132 valence electrons. The highest BCUT2D eigenvalue weighted by Gasteiger charge is 2.54. The number of carbonyl (C=O) groups is 4. The van der Waals surface area contributed by atoms with Crippen LogP contribution in [0.25, 0.3) is 0 Å². The van der Waals surface area contributed by atoms with Crippen LogP contribution in [-0.4, -0.2) is 49.6 Å². The van der Waals surface area contributed by atoms with E-state index in [1.165, 1.54) is 22.7 Å². The summed E-state index contributed by atoms with van der Waals surface area (Å²) in [6.07, 6.45) is 7.89. The molecule has 3 atom stereocenters. The first kappa shape index (κ1) is 17.3. The Morgan fingerprint density at radius 2 is 2.04 bits per heavy atom. The molecule has 0 aromatic carbocycles. The molecule has 25 heavy (non-hydrogen) atoms. The van der Waals surface area contributed by atoms with Crippen LogP contribution in [0.1, 0.15) is 19.3 Å². The third-order valence-corrected chi connectivity index (χ3v) is 5.48. The maximum Gasteiger partial charge on any atom is 0.352 e. The molecule has 0 bridgehead atoms. The van der Waals surface area contributed by atoms with E-state index in [1.807, 2.05) is 18.2 Å². The first-order valence-electron chi connectivity index (χ1n) is 7.67. The van der Waals surface area contributed by atoms with Crippen molar-refractivity contribution in [3.63, 3.8) is 0 Å². The van der Waals surface area contributed by atoms with Crippen molar-refractivity contribution in [3.8, 4) is 0 Å². The van der Waals surface area contributed by atoms with E-state index in [2.05, 4.69) is 5.32 Å². The maximum atomic E-state index is 12.5. The molecule has 1 aliphatic carbocycles. The van der Waals surface area contributed by atoms with Gasteiger partial charge in [-0.15, -0.1) is 11.8 Å². The zero-order chi connectivity index (χ0) is 18.1. The first-order valence-corrected chi connectivity index (χ1v) is 8.61. The molecule has 9 heteroatoms. The summed E-state index contributed by atoms with van der Waals surface area (Å²) < 4.78 is 0. The summed E-state index contributed by atoms with van der Waals surface area (Å²) in [6, 6.07) is 0. The Morgan fingerprint density at radius 1 is 1.28 bits per heavy atom. The van der Waals surface area contributed by atoms with Gasteiger partial charge in [0, 0.05) is 0 Å². The van der Waals surface area contributed by atoms with E-state index >= 15 is 0 Å². The van der Waals surface area contributed by atoms with Crippen LogP contribution >= 0.6 is 11.8 Å². The summed E-state index contributed by atoms with van der Waals surface area (Å²) in [4.78, 5) is 47.5. The fraction of sp³-hybridized carbons (Fsp3) is 0.375. The Kier molecular flexibility index (Phi) is 4.67. The zero-order valence-electron chi connectivity index (χ0n) is 13.0. The molecule has 2 heterocycles. The van der Waals surface area contributed by atoms with Gasteiger partial charge in [0.2, 0.25) is 11.8 Å². The van der Waals surface area contributed by atoms with Crippen LogP contribution in [0, 0.1) is 5.92 Å². The molecule has 8 nitrogen and oxygen atoms in total. The van der Waals surface area contributed by atoms with Gasteiger partial charge < -0.3 is 15.5 Å². The smallest absolute Gasteiger partial charge is 0.352 e. The fourth-order valence-corrected chi connectivity index (χ4v) is 4.58. The highest BCUT2D eigenvalue weighted by molar-refractivity contribution is 8.00. The summed E-state index contributed by atoms with van der Waals surface area (Å²) in [5.41, 5.74) is 0.765. The number of allylic oxidation sites excluding steroid dienone is 3. The molecular weight excluding hydrogens is 348 g/mol. The zero-order valence-corrected chi connectivity index (χ0v) is 13.9. The molecule has 3 rings (SSSR count). The quantitative estimate of drug-likeness (QED) is 0.372. The van der Waals surface area contributed by atoms with Crippen molar-refractivity contribution in [3.05, 3.63) is 35.6 Å². The summed E-state index contributed by atoms with van der Waals surface area (Å²) >= 11 is 1.24. The largest absolute Gasteiger partial charge is 0.481 e. The number of carboxylic acid groups (broad SMARTS) is 2. The van der Waals surface area contributed by atoms with E-state index in [4.69, 9.17) is 5.11 Å². The molecule has 0 spiro atoms. The van der Waals surface area contributed by atoms with Gasteiger partial charge in [-0.2, -0.15) is 0 Å². The van der Waals surface area contributed by atoms with E-state index < -0.39 is 40.9 Å². The predicted octanol–water partition coefficient (Wildman–Crippen LogP) is 0.680. The second-order valence-corrected chi connectivity index (χ2v) is 7.08. The molecule has 0 aromatic heterocycles. The lowest BCUT2D eigenvalue weighted by Gasteiger charge is -2.50. The number of rotatable bonds is 5. The Labute approximate surface area is 147 Å². The molecule has 0 aromatic rings. The molecule has 0 radical (unpaired) electrons. The van der Waals surface area contributed by atoms with E-state index in [9.17, 15) is 24.3 Å². The lowest BCUT2D eigenvalue weighted by molar-refractivity contribution is -0.150. The summed E-state index contributed by atoms with van der Waals surface area (Å²) in [5, 5.41) is 19.4. The van der Waals surface area contributed by atoms with Crippen LogP contribution in [0.2, 0.25) is 0 Å². The SMILES string of the molecule is O=C(O)CC(=O)NC1C=C(C(=O)O)N2C(=O)C(C3=CCC=CC3)[C@H]2S1. The van der Waals surface area contributed by atoms with Crippen molar-refractivity contribution in [2.45, 2.75) is 30.0 Å². The average Bonchev–Trinajstić information content (AvgIpc) is 2.54. The van der Waals surface area contributed by atoms with Gasteiger partial charge in [0.15, 0.2) is 0 Å². The minimum absolute atomic E-state index is 0.183. The lowest BCUT2D eigenvalue weighted by Crippen LogP contribution is -2.63. The highest BCUT2D eigenvalue weighted by Crippen LogP contribution is 2.47. The Hall–Kier alpha value is -2.55. The molecule has 0 saturated carbocycles. The summed E-state index contributed by atoms with van der Waals surface area (Å²) in [6.45, 7) is 0. The van der Waals surface area contributed by atoms with E-state index in [0.29, 0.717) is 6.42 Å². The Balaban J connectivity index is 1.80. The number of carbonyl (C=O) groups excluding carboxylic acids is 2. The van der Waals surface area contributed by atoms with Crippen LogP contribution in [0.5, 0.6) is 0 Å². The second kappa shape index (κ2) is 6.75. The van der Waals surface area contributed by atoms with E-state index in [-0.39, 0.29) is 11.6 Å². The summed E-state index contributed by atoms with van der Waals surface area (Å²) in [7, 11) is 0. The van der Waals surface area contributed by atoms with Gasteiger partial charge in [-0.25, -0.2) is 4.79 Å². The number of nitrogens with one attached hydrogen (secondary N) is 1. The van der Waals surface area contributed by atoms with Crippen LogP contribution in [0.3, 0.4) is 0 Å². The van der Waals surface area contributed by atoms with Crippen molar-refractivity contribution < 1.29 is 29.4 Å². The van der Waals surface area contributed by atoms with Crippen molar-refractivity contribution >= 4 is 35.5 Å². The minimum atomic E-state index is -1.27. The van der Waals surface area contributed by atoms with Crippen molar-refractivity contribution in [1.29, 1.82) is 0 Å². The van der Waals surface area contributed by atoms with Gasteiger partial charge in [-0.1, -0.05) is 23.8 Å². The fourth-order valence-electron chi connectivity index (χ4n) is 3.08. The molecule has 2 amide bonds. The highest BCUT2D eigenvalue weighted by atomic mass is 32.2. The van der Waals surface area contributed by atoms with Gasteiger partial charge in [0.1, 0.15) is 17.5 Å². The van der Waals surface area contributed by atoms with Crippen LogP contribution in [0.4, 0.5) is 0 Å². The molecule has 1 fully saturated rings. The molecule has 3 N–H and O–H groups in total. The monoisotopic (exact) mass is 364 g/mol. The number of aliphatic carboxylic acids is 2. The van der Waals surface area contributed by atoms with Crippen molar-refractivity contribution in [2.24, 2.45) is 5.92 Å². The molecule has 2 aliphatic heterocycles. The van der Waals surface area contributed by atoms with Crippen molar-refractivity contribution in [1.82, 2.24) is 10.2 Å². The Bertz CT molecular complexity index is 741. The number of β-lactam (4-membered cyclic amide) rings is 1. The van der Waals surface area contributed by atoms with Gasteiger partial charge >= 0.3 is 11.9 Å². The predicted molar refractivity (Wildman–Crippen MR) is 88.1 cm³/mol. The third kappa shape index (κ3) is 3.32. The number of hydrogen-bond donors (Lipinski definition) is 3. The maximum absolute atomic E-state index is 12.5. The normalized spacial score (nSPS) is 27.6. The molecule has 2 unspecified atom stereocenters. The summed E-state index contributed by atoms with van der Waals surface area (Å²) in [5.74, 6) is -3.91. The molecular formula is C16H16N2O6S. The number of thioether (sulfide) groups is 1. The van der Waals surface area contributed by atoms with E-state index in [0.717, 1.165) is 12.0 Å². The molecule has 1 saturated heterocycles. The number of nitrogens with zero attached hydrogens (tertiary/aromatic N) is 1. The van der Waals surface area contributed by atoms with Crippen LogP contribution in [0.15, 0.2) is 35.6 Å². The number of hydrogen-bond acceptors (Lipinski definition) is 5. The molecule has 3 aliphatic rings. The average molecular weight is 364 g/mol. The van der Waals surface area contributed by atoms with Crippen molar-refractivity contribution in [2.75, 3.05) is 0 Å². The van der Waals surface area contributed by atoms with Crippen LogP contribution in [-0.2, 0) is 19.2 Å². The van der Waals surface area contributed by atoms with Crippen LogP contribution < -0.4 is 5.32 Å². The number of amides is 2. The van der Waals surface area contributed by atoms with Gasteiger partial charge in [0.05, 0.1) is 11.3 Å². The standard InChI is InChI=1S/C16H16N2O6S/c19-10(7-12(20)21)17-11-6-9(16(23)24)18-14(22)13(15(18)25-11)8-4-2-1-3-5-8/h1-2,5-6,11,13,15H,3-4,7H2,(H,17,19)(H,20,21)(H,23,24)/t11?,13?,15-/m1/s1. The first-order chi connectivity index (χ1) is 11.9. The van der Waals surface area contributed by atoms with Gasteiger partial charge in [-0.3, -0.25) is 19.3 Å². The lowest BCUT2D eigenvalue weighted by atomic mass is 9.84. The van der Waals surface area contributed by atoms with Gasteiger partial charge in [-0.05, 0) is 18.9 Å². The number of carboxylic acids is 2. The van der Waals surface area contributed by atoms with Gasteiger partial charge in [0.25, 0.3) is 0 Å². The topological polar surface area (TPSA) is 124 Å². The number of fused-ring (bicyclic) bond motifs is 1. The minimum Gasteiger partial charge on any atom is -0.481 e. The van der Waals surface area contributed by atoms with E-state index in [1.54, 1.807) is 0 Å².